The highest BCUT2D eigenvalue weighted by Crippen LogP contribution is 2.33. The Kier molecular flexibility index (Phi) is 7.49. The number of likely N-dealkylation sites (N-methyl/N-ethyl adjacent to an activating group) is 1. The predicted molar refractivity (Wildman–Crippen MR) is 141 cm³/mol. The van der Waals surface area contributed by atoms with E-state index < -0.39 is 0 Å². The largest absolute Gasteiger partial charge is 0.495 e. The van der Waals surface area contributed by atoms with Gasteiger partial charge in [-0.05, 0) is 56.6 Å². The van der Waals surface area contributed by atoms with Crippen LogP contribution in [0.5, 0.6) is 5.75 Å². The minimum Gasteiger partial charge on any atom is -0.495 e. The summed E-state index contributed by atoms with van der Waals surface area (Å²) in [6.07, 6.45) is 6.78. The first-order valence-electron chi connectivity index (χ1n) is 10.9. The zero-order chi connectivity index (χ0) is 24.8. The van der Waals surface area contributed by atoms with E-state index in [-0.39, 0.29) is 5.91 Å². The summed E-state index contributed by atoms with van der Waals surface area (Å²) >= 11 is 6.55. The van der Waals surface area contributed by atoms with Crippen molar-refractivity contribution in [2.45, 2.75) is 0 Å². The lowest BCUT2D eigenvalue weighted by Crippen LogP contribution is -2.13. The Balaban J connectivity index is 1.50. The Hall–Kier alpha value is -4.08. The van der Waals surface area contributed by atoms with E-state index in [4.69, 9.17) is 16.3 Å². The number of aromatic nitrogens is 3. The molecule has 180 valence electrons. The van der Waals surface area contributed by atoms with Gasteiger partial charge in [-0.25, -0.2) is 4.98 Å². The standard InChI is InChI=1S/C25H26ClN7O2/c1-33(2)14-4-5-23(34)29-16-6-9-21(35-3)20(15-16)31-25-28-13-11-22(32-25)30-19-8-7-18-17(24(19)26)10-12-27-18/h4-13,15,27H,14H2,1-3H3,(H,29,34)(H2,28,30,31,32)/b5-4+. The zero-order valence-electron chi connectivity index (χ0n) is 19.6. The molecule has 0 saturated carbocycles. The molecule has 0 bridgehead atoms. The van der Waals surface area contributed by atoms with Crippen molar-refractivity contribution in [3.05, 3.63) is 72.0 Å². The van der Waals surface area contributed by atoms with Crippen molar-refractivity contribution in [3.63, 3.8) is 0 Å². The number of benzene rings is 2. The van der Waals surface area contributed by atoms with Gasteiger partial charge >= 0.3 is 0 Å². The Morgan fingerprint density at radius 3 is 2.80 bits per heavy atom. The fourth-order valence-electron chi connectivity index (χ4n) is 3.38. The molecule has 0 saturated heterocycles. The van der Waals surface area contributed by atoms with Gasteiger partial charge in [-0.1, -0.05) is 17.7 Å². The SMILES string of the molecule is COc1ccc(NC(=O)/C=C/CN(C)C)cc1Nc1nccc(Nc2ccc3[nH]ccc3c2Cl)n1. The molecule has 0 aliphatic heterocycles. The van der Waals surface area contributed by atoms with Crippen LogP contribution in [0.4, 0.5) is 28.8 Å². The first kappa shape index (κ1) is 24.1. The summed E-state index contributed by atoms with van der Waals surface area (Å²) in [5.41, 5.74) is 2.89. The highest BCUT2D eigenvalue weighted by molar-refractivity contribution is 6.38. The van der Waals surface area contributed by atoms with Gasteiger partial charge in [0.15, 0.2) is 0 Å². The van der Waals surface area contributed by atoms with Gasteiger partial charge in [0.2, 0.25) is 11.9 Å². The molecule has 10 heteroatoms. The summed E-state index contributed by atoms with van der Waals surface area (Å²) in [5, 5.41) is 10.8. The molecule has 0 aliphatic carbocycles. The van der Waals surface area contributed by atoms with E-state index in [2.05, 4.69) is 30.9 Å². The number of nitrogens with one attached hydrogen (secondary N) is 4. The molecule has 4 N–H and O–H groups in total. The molecular weight excluding hydrogens is 466 g/mol. The molecule has 0 aliphatic rings. The summed E-state index contributed by atoms with van der Waals surface area (Å²) in [5.74, 6) is 1.27. The van der Waals surface area contributed by atoms with Crippen LogP contribution in [0.3, 0.4) is 0 Å². The average Bonchev–Trinajstić information content (AvgIpc) is 3.31. The summed E-state index contributed by atoms with van der Waals surface area (Å²) < 4.78 is 5.46. The third-order valence-electron chi connectivity index (χ3n) is 5.04. The molecule has 0 spiro atoms. The molecule has 2 aromatic carbocycles. The van der Waals surface area contributed by atoms with Crippen molar-refractivity contribution in [3.8, 4) is 5.75 Å². The van der Waals surface area contributed by atoms with Gasteiger partial charge in [0.1, 0.15) is 11.6 Å². The molecule has 35 heavy (non-hydrogen) atoms. The second-order valence-electron chi connectivity index (χ2n) is 7.95. The van der Waals surface area contributed by atoms with Crippen LogP contribution in [0.25, 0.3) is 10.9 Å². The molecule has 1 amide bonds. The van der Waals surface area contributed by atoms with Crippen LogP contribution in [0.1, 0.15) is 0 Å². The maximum atomic E-state index is 12.2. The van der Waals surface area contributed by atoms with E-state index in [9.17, 15) is 4.79 Å². The first-order chi connectivity index (χ1) is 16.9. The number of halogens is 1. The van der Waals surface area contributed by atoms with E-state index in [1.54, 1.807) is 43.6 Å². The minimum absolute atomic E-state index is 0.221. The van der Waals surface area contributed by atoms with Gasteiger partial charge in [0.25, 0.3) is 0 Å². The second-order valence-corrected chi connectivity index (χ2v) is 8.33. The molecular formula is C25H26ClN7O2. The number of hydrogen-bond donors (Lipinski definition) is 4. The number of aromatic amines is 1. The lowest BCUT2D eigenvalue weighted by molar-refractivity contribution is -0.111. The number of rotatable bonds is 9. The fraction of sp³-hybridized carbons (Fsp3) is 0.160. The van der Waals surface area contributed by atoms with Gasteiger partial charge in [-0.15, -0.1) is 0 Å². The van der Waals surface area contributed by atoms with Crippen LogP contribution in [0, 0.1) is 0 Å². The van der Waals surface area contributed by atoms with E-state index in [1.165, 1.54) is 6.08 Å². The fourth-order valence-corrected chi connectivity index (χ4v) is 3.65. The summed E-state index contributed by atoms with van der Waals surface area (Å²) in [4.78, 5) is 26.2. The molecule has 4 rings (SSSR count). The molecule has 2 aromatic heterocycles. The summed E-state index contributed by atoms with van der Waals surface area (Å²) in [7, 11) is 5.44. The normalized spacial score (nSPS) is 11.2. The number of carbonyl (C=O) groups is 1. The van der Waals surface area contributed by atoms with Crippen LogP contribution < -0.4 is 20.7 Å². The van der Waals surface area contributed by atoms with E-state index >= 15 is 0 Å². The van der Waals surface area contributed by atoms with Crippen molar-refractivity contribution < 1.29 is 9.53 Å². The van der Waals surface area contributed by atoms with E-state index in [1.807, 2.05) is 43.4 Å². The summed E-state index contributed by atoms with van der Waals surface area (Å²) in [6, 6.07) is 12.8. The Morgan fingerprint density at radius 2 is 2.00 bits per heavy atom. The average molecular weight is 492 g/mol. The van der Waals surface area contributed by atoms with Crippen LogP contribution in [0.2, 0.25) is 5.02 Å². The third kappa shape index (κ3) is 6.08. The monoisotopic (exact) mass is 491 g/mol. The van der Waals surface area contributed by atoms with Gasteiger partial charge < -0.3 is 30.6 Å². The molecule has 2 heterocycles. The van der Waals surface area contributed by atoms with E-state index in [0.29, 0.717) is 40.5 Å². The zero-order valence-corrected chi connectivity index (χ0v) is 20.3. The molecule has 0 radical (unpaired) electrons. The topological polar surface area (TPSA) is 107 Å². The predicted octanol–water partition coefficient (Wildman–Crippen LogP) is 5.16. The molecule has 0 atom stereocenters. The van der Waals surface area contributed by atoms with E-state index in [0.717, 1.165) is 16.6 Å². The minimum atomic E-state index is -0.221. The molecule has 4 aromatic rings. The van der Waals surface area contributed by atoms with Crippen molar-refractivity contribution in [1.82, 2.24) is 19.9 Å². The number of anilines is 5. The van der Waals surface area contributed by atoms with Gasteiger partial charge in [-0.3, -0.25) is 4.79 Å². The number of nitrogens with zero attached hydrogens (tertiary/aromatic N) is 3. The van der Waals surface area contributed by atoms with Crippen molar-refractivity contribution in [2.75, 3.05) is 43.7 Å². The van der Waals surface area contributed by atoms with Gasteiger partial charge in [0, 0.05) is 41.6 Å². The Bertz CT molecular complexity index is 1370. The maximum Gasteiger partial charge on any atom is 0.248 e. The van der Waals surface area contributed by atoms with Crippen LogP contribution in [0.15, 0.2) is 67.0 Å². The van der Waals surface area contributed by atoms with Crippen molar-refractivity contribution in [1.29, 1.82) is 0 Å². The lowest BCUT2D eigenvalue weighted by Gasteiger charge is -2.13. The number of fused-ring (bicyclic) bond motifs is 1. The molecule has 9 nitrogen and oxygen atoms in total. The maximum absolute atomic E-state index is 12.2. The molecule has 0 unspecified atom stereocenters. The third-order valence-corrected chi connectivity index (χ3v) is 5.45. The highest BCUT2D eigenvalue weighted by atomic mass is 35.5. The quantitative estimate of drug-likeness (QED) is 0.239. The van der Waals surface area contributed by atoms with Crippen molar-refractivity contribution in [2.24, 2.45) is 0 Å². The summed E-state index contributed by atoms with van der Waals surface area (Å²) in [6.45, 7) is 0.675. The highest BCUT2D eigenvalue weighted by Gasteiger charge is 2.11. The van der Waals surface area contributed by atoms with Crippen molar-refractivity contribution >= 4 is 57.2 Å². The number of H-pyrrole nitrogens is 1. The lowest BCUT2D eigenvalue weighted by atomic mass is 10.2. The van der Waals surface area contributed by atoms with Crippen LogP contribution >= 0.6 is 11.6 Å². The van der Waals surface area contributed by atoms with Crippen LogP contribution in [-0.2, 0) is 4.79 Å². The van der Waals surface area contributed by atoms with Gasteiger partial charge in [-0.2, -0.15) is 4.98 Å². The number of carbonyl (C=O) groups excluding carboxylic acids is 1. The number of hydrogen-bond acceptors (Lipinski definition) is 7. The second kappa shape index (κ2) is 10.9. The number of ether oxygens (including phenoxy) is 1. The molecule has 0 fully saturated rings. The smallest absolute Gasteiger partial charge is 0.248 e. The Labute approximate surface area is 208 Å². The van der Waals surface area contributed by atoms with Crippen LogP contribution in [-0.4, -0.2) is 53.5 Å². The van der Waals surface area contributed by atoms with Gasteiger partial charge in [0.05, 0.1) is 23.5 Å². The number of methoxy groups -OCH3 is 1. The number of amides is 1. The first-order valence-corrected chi connectivity index (χ1v) is 11.2. The Morgan fingerprint density at radius 1 is 1.14 bits per heavy atom.